The van der Waals surface area contributed by atoms with E-state index in [2.05, 4.69) is 19.6 Å². The number of hydrogen-bond acceptors (Lipinski definition) is 2. The zero-order valence-corrected chi connectivity index (χ0v) is 6.14. The lowest BCUT2D eigenvalue weighted by Crippen LogP contribution is -1.68. The molecule has 0 saturated heterocycles. The zero-order valence-electron chi connectivity index (χ0n) is 4.42. The van der Waals surface area contributed by atoms with Crippen LogP contribution in [-0.4, -0.2) is 11.5 Å². The van der Waals surface area contributed by atoms with Gasteiger partial charge < -0.3 is 0 Å². The van der Waals surface area contributed by atoms with Crippen LogP contribution in [0.3, 0.4) is 0 Å². The highest BCUT2D eigenvalue weighted by Crippen LogP contribution is 1.97. The summed E-state index contributed by atoms with van der Waals surface area (Å²) in [6, 6.07) is 0. The minimum Gasteiger partial charge on any atom is -0.158 e. The van der Waals surface area contributed by atoms with Crippen molar-refractivity contribution in [1.82, 2.24) is 0 Å². The number of rotatable bonds is 3. The summed E-state index contributed by atoms with van der Waals surface area (Å²) in [5, 5.41) is 1.78. The maximum absolute atomic E-state index is 3.90. The van der Waals surface area contributed by atoms with Crippen LogP contribution < -0.4 is 0 Å². The quantitative estimate of drug-likeness (QED) is 0.456. The van der Waals surface area contributed by atoms with Crippen molar-refractivity contribution in [3.8, 4) is 0 Å². The SMILES string of the molecule is CCSC/C=C\S. The minimum absolute atomic E-state index is 1.10. The number of hydrogen-bond donors (Lipinski definition) is 1. The van der Waals surface area contributed by atoms with Crippen molar-refractivity contribution in [1.29, 1.82) is 0 Å². The molecular formula is C5H10S2. The molecule has 0 aliphatic carbocycles. The Balaban J connectivity index is 2.69. The van der Waals surface area contributed by atoms with Crippen LogP contribution in [0.2, 0.25) is 0 Å². The molecule has 0 atom stereocenters. The summed E-state index contributed by atoms with van der Waals surface area (Å²) >= 11 is 5.80. The minimum atomic E-state index is 1.10. The van der Waals surface area contributed by atoms with Gasteiger partial charge in [-0.2, -0.15) is 24.4 Å². The van der Waals surface area contributed by atoms with Crippen molar-refractivity contribution in [2.45, 2.75) is 6.92 Å². The topological polar surface area (TPSA) is 0 Å². The van der Waals surface area contributed by atoms with Gasteiger partial charge in [0.2, 0.25) is 0 Å². The van der Waals surface area contributed by atoms with Crippen LogP contribution >= 0.6 is 24.4 Å². The summed E-state index contributed by atoms with van der Waals surface area (Å²) in [7, 11) is 0. The van der Waals surface area contributed by atoms with E-state index in [1.54, 1.807) is 5.41 Å². The molecule has 0 rings (SSSR count). The molecule has 0 amide bonds. The molecule has 0 N–H and O–H groups in total. The second-order valence-corrected chi connectivity index (χ2v) is 2.66. The van der Waals surface area contributed by atoms with Crippen LogP contribution in [0.25, 0.3) is 0 Å². The Morgan fingerprint density at radius 1 is 1.71 bits per heavy atom. The predicted octanol–water partition coefficient (Wildman–Crippen LogP) is 2.18. The first-order chi connectivity index (χ1) is 3.41. The van der Waals surface area contributed by atoms with E-state index in [0.29, 0.717) is 0 Å². The Hall–Kier alpha value is 0.440. The Kier molecular flexibility index (Phi) is 6.84. The van der Waals surface area contributed by atoms with Gasteiger partial charge in [0.05, 0.1) is 0 Å². The van der Waals surface area contributed by atoms with Gasteiger partial charge >= 0.3 is 0 Å². The molecule has 0 fully saturated rings. The molecule has 7 heavy (non-hydrogen) atoms. The van der Waals surface area contributed by atoms with E-state index < -0.39 is 0 Å². The van der Waals surface area contributed by atoms with E-state index in [1.165, 1.54) is 5.75 Å². The van der Waals surface area contributed by atoms with Gasteiger partial charge in [0.15, 0.2) is 0 Å². The smallest absolute Gasteiger partial charge is 0.0121 e. The first-order valence-electron chi connectivity index (χ1n) is 2.28. The second-order valence-electron chi connectivity index (χ2n) is 1.04. The Morgan fingerprint density at radius 2 is 2.43 bits per heavy atom. The summed E-state index contributed by atoms with van der Waals surface area (Å²) in [6.07, 6.45) is 2.04. The summed E-state index contributed by atoms with van der Waals surface area (Å²) in [6.45, 7) is 2.15. The lowest BCUT2D eigenvalue weighted by molar-refractivity contribution is 1.52. The molecule has 0 bridgehead atoms. The van der Waals surface area contributed by atoms with Crippen molar-refractivity contribution in [2.24, 2.45) is 0 Å². The molecule has 0 nitrogen and oxygen atoms in total. The van der Waals surface area contributed by atoms with E-state index in [1.807, 2.05) is 17.8 Å². The van der Waals surface area contributed by atoms with Gasteiger partial charge in [-0.15, -0.1) is 0 Å². The van der Waals surface area contributed by atoms with Crippen LogP contribution in [0.5, 0.6) is 0 Å². The van der Waals surface area contributed by atoms with Crippen LogP contribution in [-0.2, 0) is 0 Å². The third-order valence-corrected chi connectivity index (χ3v) is 1.57. The molecule has 0 saturated carbocycles. The van der Waals surface area contributed by atoms with Crippen LogP contribution in [0, 0.1) is 0 Å². The Bertz CT molecular complexity index is 50.0. The van der Waals surface area contributed by atoms with E-state index >= 15 is 0 Å². The van der Waals surface area contributed by atoms with Crippen LogP contribution in [0.15, 0.2) is 11.5 Å². The average molecular weight is 134 g/mol. The van der Waals surface area contributed by atoms with Gasteiger partial charge in [-0.3, -0.25) is 0 Å². The van der Waals surface area contributed by atoms with Gasteiger partial charge in [-0.25, -0.2) is 0 Å². The molecule has 42 valence electrons. The fourth-order valence-electron chi connectivity index (χ4n) is 0.229. The fourth-order valence-corrected chi connectivity index (χ4v) is 0.945. The van der Waals surface area contributed by atoms with E-state index in [4.69, 9.17) is 0 Å². The standard InChI is InChI=1S/C5H10S2/c1-2-7-5-3-4-6/h3-4,6H,2,5H2,1H3/b4-3-. The largest absolute Gasteiger partial charge is 0.158 e. The molecule has 0 unspecified atom stereocenters. The maximum Gasteiger partial charge on any atom is 0.0121 e. The van der Waals surface area contributed by atoms with Gasteiger partial charge in [0.1, 0.15) is 0 Å². The Morgan fingerprint density at radius 3 is 2.86 bits per heavy atom. The van der Waals surface area contributed by atoms with Gasteiger partial charge in [-0.1, -0.05) is 13.0 Å². The summed E-state index contributed by atoms with van der Waals surface area (Å²) < 4.78 is 0. The van der Waals surface area contributed by atoms with Crippen molar-refractivity contribution in [3.05, 3.63) is 11.5 Å². The third-order valence-electron chi connectivity index (χ3n) is 0.524. The first-order valence-corrected chi connectivity index (χ1v) is 3.96. The van der Waals surface area contributed by atoms with Gasteiger partial charge in [-0.05, 0) is 11.2 Å². The molecule has 2 heteroatoms. The van der Waals surface area contributed by atoms with E-state index in [9.17, 15) is 0 Å². The molecule has 0 aliphatic rings. The lowest BCUT2D eigenvalue weighted by atomic mass is 10.8. The zero-order chi connectivity index (χ0) is 5.54. The molecule has 0 radical (unpaired) electrons. The monoisotopic (exact) mass is 134 g/mol. The fraction of sp³-hybridized carbons (Fsp3) is 0.600. The van der Waals surface area contributed by atoms with Crippen molar-refractivity contribution in [3.63, 3.8) is 0 Å². The maximum atomic E-state index is 3.90. The molecule has 0 aromatic heterocycles. The molecule has 0 heterocycles. The number of thioether (sulfide) groups is 1. The average Bonchev–Trinajstić information content (AvgIpc) is 1.69. The van der Waals surface area contributed by atoms with Gasteiger partial charge in [0, 0.05) is 5.75 Å². The molecule has 0 aliphatic heterocycles. The molecule has 0 spiro atoms. The highest BCUT2D eigenvalue weighted by atomic mass is 32.2. The van der Waals surface area contributed by atoms with Crippen molar-refractivity contribution in [2.75, 3.05) is 11.5 Å². The summed E-state index contributed by atoms with van der Waals surface area (Å²) in [4.78, 5) is 0. The molecule has 0 aromatic carbocycles. The summed E-state index contributed by atoms with van der Waals surface area (Å²) in [5.74, 6) is 2.29. The first kappa shape index (κ1) is 7.44. The number of thiol groups is 1. The van der Waals surface area contributed by atoms with Crippen molar-refractivity contribution < 1.29 is 0 Å². The highest BCUT2D eigenvalue weighted by Gasteiger charge is 1.72. The summed E-state index contributed by atoms with van der Waals surface area (Å²) in [5.41, 5.74) is 0. The van der Waals surface area contributed by atoms with Crippen LogP contribution in [0.4, 0.5) is 0 Å². The predicted molar refractivity (Wildman–Crippen MR) is 41.1 cm³/mol. The van der Waals surface area contributed by atoms with Gasteiger partial charge in [0.25, 0.3) is 0 Å². The van der Waals surface area contributed by atoms with Crippen molar-refractivity contribution >= 4 is 24.4 Å². The second kappa shape index (κ2) is 6.44. The van der Waals surface area contributed by atoms with E-state index in [-0.39, 0.29) is 0 Å². The highest BCUT2D eigenvalue weighted by molar-refractivity contribution is 7.99. The molecular weight excluding hydrogens is 124 g/mol. The van der Waals surface area contributed by atoms with E-state index in [0.717, 1.165) is 5.75 Å². The lowest BCUT2D eigenvalue weighted by Gasteiger charge is -1.84. The normalized spacial score (nSPS) is 10.6. The third kappa shape index (κ3) is 6.44. The Labute approximate surface area is 54.8 Å². The van der Waals surface area contributed by atoms with Crippen LogP contribution in [0.1, 0.15) is 6.92 Å². The molecule has 0 aromatic rings.